The first-order chi connectivity index (χ1) is 8.81. The molecule has 0 saturated carbocycles. The Balaban J connectivity index is 1.61. The summed E-state index contributed by atoms with van der Waals surface area (Å²) in [4.78, 5) is 11.9. The minimum Gasteiger partial charge on any atom is -0.454 e. The van der Waals surface area contributed by atoms with Crippen LogP contribution >= 0.6 is 0 Å². The van der Waals surface area contributed by atoms with Crippen molar-refractivity contribution < 1.29 is 14.3 Å². The third-order valence-electron chi connectivity index (χ3n) is 3.22. The maximum absolute atomic E-state index is 11.9. The van der Waals surface area contributed by atoms with Crippen molar-refractivity contribution >= 4 is 11.6 Å². The van der Waals surface area contributed by atoms with E-state index in [1.165, 1.54) is 0 Å². The molecule has 3 rings (SSSR count). The van der Waals surface area contributed by atoms with Crippen molar-refractivity contribution in [3.05, 3.63) is 30.4 Å². The minimum atomic E-state index is 0.0467. The van der Waals surface area contributed by atoms with Crippen LogP contribution in [-0.2, 0) is 4.79 Å². The van der Waals surface area contributed by atoms with Gasteiger partial charge in [0, 0.05) is 18.2 Å². The Hall–Kier alpha value is -1.97. The van der Waals surface area contributed by atoms with Gasteiger partial charge in [-0.15, -0.1) is 0 Å². The number of carbonyl (C=O) groups excluding carboxylic acids is 1. The molecule has 0 aromatic heterocycles. The van der Waals surface area contributed by atoms with Gasteiger partial charge in [0.2, 0.25) is 12.7 Å². The lowest BCUT2D eigenvalue weighted by molar-refractivity contribution is -0.116. The lowest BCUT2D eigenvalue weighted by Gasteiger charge is -2.09. The van der Waals surface area contributed by atoms with Gasteiger partial charge in [-0.2, -0.15) is 0 Å². The number of allylic oxidation sites excluding steroid dienone is 2. The molecule has 4 heteroatoms. The summed E-state index contributed by atoms with van der Waals surface area (Å²) in [5.74, 6) is 1.85. The monoisotopic (exact) mass is 245 g/mol. The number of rotatable bonds is 3. The van der Waals surface area contributed by atoms with E-state index in [2.05, 4.69) is 17.5 Å². The van der Waals surface area contributed by atoms with Crippen molar-refractivity contribution in [2.24, 2.45) is 5.92 Å². The Morgan fingerprint density at radius 2 is 2.22 bits per heavy atom. The zero-order valence-corrected chi connectivity index (χ0v) is 10.0. The largest absolute Gasteiger partial charge is 0.454 e. The molecule has 1 aromatic carbocycles. The molecule has 0 saturated heterocycles. The molecule has 0 radical (unpaired) electrons. The molecule has 2 aliphatic rings. The van der Waals surface area contributed by atoms with E-state index in [9.17, 15) is 4.79 Å². The molecule has 18 heavy (non-hydrogen) atoms. The van der Waals surface area contributed by atoms with Crippen molar-refractivity contribution in [3.63, 3.8) is 0 Å². The molecule has 0 spiro atoms. The minimum absolute atomic E-state index is 0.0467. The molecule has 1 N–H and O–H groups in total. The second-order valence-electron chi connectivity index (χ2n) is 4.59. The van der Waals surface area contributed by atoms with Crippen LogP contribution in [-0.4, -0.2) is 12.7 Å². The van der Waals surface area contributed by atoms with Crippen molar-refractivity contribution in [1.29, 1.82) is 0 Å². The molecule has 1 aliphatic heterocycles. The van der Waals surface area contributed by atoms with Gasteiger partial charge < -0.3 is 14.8 Å². The number of ether oxygens (including phenoxy) is 2. The molecule has 1 heterocycles. The fourth-order valence-corrected chi connectivity index (χ4v) is 2.29. The van der Waals surface area contributed by atoms with Crippen molar-refractivity contribution in [3.8, 4) is 11.5 Å². The average molecular weight is 245 g/mol. The number of fused-ring (bicyclic) bond motifs is 1. The number of carbonyl (C=O) groups is 1. The van der Waals surface area contributed by atoms with E-state index in [-0.39, 0.29) is 12.7 Å². The van der Waals surface area contributed by atoms with Crippen molar-refractivity contribution in [2.45, 2.75) is 19.3 Å². The Morgan fingerprint density at radius 3 is 3.06 bits per heavy atom. The number of nitrogens with one attached hydrogen (secondary N) is 1. The number of hydrogen-bond donors (Lipinski definition) is 1. The first-order valence-electron chi connectivity index (χ1n) is 6.17. The van der Waals surface area contributed by atoms with Crippen LogP contribution < -0.4 is 14.8 Å². The van der Waals surface area contributed by atoms with Gasteiger partial charge >= 0.3 is 0 Å². The van der Waals surface area contributed by atoms with Crippen LogP contribution in [0.15, 0.2) is 30.4 Å². The fourth-order valence-electron chi connectivity index (χ4n) is 2.29. The van der Waals surface area contributed by atoms with Crippen LogP contribution in [0.25, 0.3) is 0 Å². The lowest BCUT2D eigenvalue weighted by Crippen LogP contribution is -2.14. The highest BCUT2D eigenvalue weighted by molar-refractivity contribution is 5.91. The zero-order chi connectivity index (χ0) is 12.4. The SMILES string of the molecule is O=C(C[C@H]1C=CCC1)Nc1ccc2c(c1)OCO2. The van der Waals surface area contributed by atoms with Crippen LogP contribution in [0.5, 0.6) is 11.5 Å². The zero-order valence-electron chi connectivity index (χ0n) is 10.0. The molecule has 1 aromatic rings. The summed E-state index contributed by atoms with van der Waals surface area (Å²) in [6, 6.07) is 5.44. The Morgan fingerprint density at radius 1 is 1.33 bits per heavy atom. The number of hydrogen-bond acceptors (Lipinski definition) is 3. The summed E-state index contributed by atoms with van der Waals surface area (Å²) in [5.41, 5.74) is 0.756. The third-order valence-corrected chi connectivity index (χ3v) is 3.22. The summed E-state index contributed by atoms with van der Waals surface area (Å²) < 4.78 is 10.5. The second kappa shape index (κ2) is 4.72. The predicted molar refractivity (Wildman–Crippen MR) is 67.7 cm³/mol. The van der Waals surface area contributed by atoms with Crippen LogP contribution in [0.4, 0.5) is 5.69 Å². The Bertz CT molecular complexity index is 496. The first kappa shape index (κ1) is 11.1. The van der Waals surface area contributed by atoms with Crippen LogP contribution in [0.1, 0.15) is 19.3 Å². The Labute approximate surface area is 106 Å². The van der Waals surface area contributed by atoms with E-state index in [1.807, 2.05) is 12.1 Å². The van der Waals surface area contributed by atoms with E-state index in [0.29, 0.717) is 18.1 Å². The maximum atomic E-state index is 11.9. The summed E-state index contributed by atoms with van der Waals surface area (Å²) in [6.07, 6.45) is 6.97. The third kappa shape index (κ3) is 2.32. The molecule has 0 bridgehead atoms. The van der Waals surface area contributed by atoms with Crippen molar-refractivity contribution in [2.75, 3.05) is 12.1 Å². The van der Waals surface area contributed by atoms with Crippen LogP contribution in [0, 0.1) is 5.92 Å². The van der Waals surface area contributed by atoms with Gasteiger partial charge in [-0.3, -0.25) is 4.79 Å². The highest BCUT2D eigenvalue weighted by Gasteiger charge is 2.16. The standard InChI is InChI=1S/C14H15NO3/c16-14(7-10-3-1-2-4-10)15-11-5-6-12-13(8-11)18-9-17-12/h1,3,5-6,8,10H,2,4,7,9H2,(H,15,16)/t10-/m0/s1. The maximum Gasteiger partial charge on any atom is 0.231 e. The van der Waals surface area contributed by atoms with Gasteiger partial charge in [0.15, 0.2) is 11.5 Å². The lowest BCUT2D eigenvalue weighted by atomic mass is 10.1. The van der Waals surface area contributed by atoms with Gasteiger partial charge in [0.25, 0.3) is 0 Å². The van der Waals surface area contributed by atoms with Gasteiger partial charge in [0.05, 0.1) is 0 Å². The second-order valence-corrected chi connectivity index (χ2v) is 4.59. The molecule has 1 amide bonds. The van der Waals surface area contributed by atoms with Crippen LogP contribution in [0.3, 0.4) is 0 Å². The highest BCUT2D eigenvalue weighted by atomic mass is 16.7. The summed E-state index contributed by atoms with van der Waals surface area (Å²) in [7, 11) is 0. The van der Waals surface area contributed by atoms with E-state index < -0.39 is 0 Å². The first-order valence-corrected chi connectivity index (χ1v) is 6.17. The molecule has 0 fully saturated rings. The quantitative estimate of drug-likeness (QED) is 0.833. The fraction of sp³-hybridized carbons (Fsp3) is 0.357. The number of anilines is 1. The Kier molecular flexibility index (Phi) is 2.92. The average Bonchev–Trinajstić information content (AvgIpc) is 2.98. The smallest absolute Gasteiger partial charge is 0.231 e. The predicted octanol–water partition coefficient (Wildman–Crippen LogP) is 2.71. The summed E-state index contributed by atoms with van der Waals surface area (Å²) in [6.45, 7) is 0.250. The molecule has 1 aliphatic carbocycles. The number of amides is 1. The summed E-state index contributed by atoms with van der Waals surface area (Å²) >= 11 is 0. The topological polar surface area (TPSA) is 47.6 Å². The normalized spacial score (nSPS) is 20.1. The molecule has 1 atom stereocenters. The molecule has 0 unspecified atom stereocenters. The molecule has 4 nitrogen and oxygen atoms in total. The van der Waals surface area contributed by atoms with Crippen LogP contribution in [0.2, 0.25) is 0 Å². The van der Waals surface area contributed by atoms with E-state index in [4.69, 9.17) is 9.47 Å². The highest BCUT2D eigenvalue weighted by Crippen LogP contribution is 2.34. The van der Waals surface area contributed by atoms with Gasteiger partial charge in [-0.1, -0.05) is 12.2 Å². The van der Waals surface area contributed by atoms with Gasteiger partial charge in [-0.25, -0.2) is 0 Å². The van der Waals surface area contributed by atoms with E-state index in [0.717, 1.165) is 24.3 Å². The molecular weight excluding hydrogens is 230 g/mol. The summed E-state index contributed by atoms with van der Waals surface area (Å²) in [5, 5.41) is 2.89. The van der Waals surface area contributed by atoms with E-state index in [1.54, 1.807) is 6.07 Å². The van der Waals surface area contributed by atoms with Crippen molar-refractivity contribution in [1.82, 2.24) is 0 Å². The van der Waals surface area contributed by atoms with Gasteiger partial charge in [-0.05, 0) is 30.9 Å². The molecular formula is C14H15NO3. The van der Waals surface area contributed by atoms with Gasteiger partial charge in [0.1, 0.15) is 0 Å². The molecule has 94 valence electrons. The van der Waals surface area contributed by atoms with E-state index >= 15 is 0 Å². The number of benzene rings is 1.